The van der Waals surface area contributed by atoms with E-state index in [1.54, 1.807) is 37.3 Å². The van der Waals surface area contributed by atoms with Crippen molar-refractivity contribution in [3.8, 4) is 11.1 Å². The van der Waals surface area contributed by atoms with Crippen molar-refractivity contribution in [2.75, 3.05) is 7.11 Å². The molecule has 1 aromatic heterocycles. The molecule has 0 spiro atoms. The lowest BCUT2D eigenvalue weighted by Gasteiger charge is -2.20. The Labute approximate surface area is 216 Å². The number of hydrogen-bond donors (Lipinski definition) is 1. The van der Waals surface area contributed by atoms with E-state index in [4.69, 9.17) is 16.3 Å². The Hall–Kier alpha value is -3.56. The van der Waals surface area contributed by atoms with E-state index in [1.807, 2.05) is 0 Å². The molecule has 1 unspecified atom stereocenters. The maximum atomic E-state index is 14.2. The third-order valence-corrected chi connectivity index (χ3v) is 8.17. The number of ether oxygens (including phenoxy) is 1. The molecule has 37 heavy (non-hydrogen) atoms. The molecule has 0 saturated carbocycles. The van der Waals surface area contributed by atoms with Crippen molar-refractivity contribution in [3.05, 3.63) is 112 Å². The highest BCUT2D eigenvalue weighted by molar-refractivity contribution is 7.92. The molecule has 0 bridgehead atoms. The summed E-state index contributed by atoms with van der Waals surface area (Å²) in [5.74, 6) is -1.26. The van der Waals surface area contributed by atoms with Gasteiger partial charge in [0.2, 0.25) is 0 Å². The SMILES string of the molecule is COC(=O)c1c(C(F)(F)F)[nH]c(C(c2ccccc2)S(=O)(=O)c2ccc(C)cc2)c1-c1ccc(Cl)cc1. The summed E-state index contributed by atoms with van der Waals surface area (Å²) in [4.78, 5) is 14.9. The van der Waals surface area contributed by atoms with Crippen LogP contribution in [0.25, 0.3) is 11.1 Å². The number of esters is 1. The van der Waals surface area contributed by atoms with E-state index in [0.717, 1.165) is 12.7 Å². The van der Waals surface area contributed by atoms with Gasteiger partial charge in [-0.2, -0.15) is 13.2 Å². The molecule has 10 heteroatoms. The summed E-state index contributed by atoms with van der Waals surface area (Å²) in [6, 6.07) is 19.6. The second kappa shape index (κ2) is 10.1. The number of alkyl halides is 3. The molecule has 4 rings (SSSR count). The fourth-order valence-electron chi connectivity index (χ4n) is 4.14. The van der Waals surface area contributed by atoms with Gasteiger partial charge in [-0.3, -0.25) is 0 Å². The van der Waals surface area contributed by atoms with Gasteiger partial charge in [0, 0.05) is 16.3 Å². The van der Waals surface area contributed by atoms with Crippen molar-refractivity contribution in [2.24, 2.45) is 0 Å². The van der Waals surface area contributed by atoms with Crippen molar-refractivity contribution in [3.63, 3.8) is 0 Å². The van der Waals surface area contributed by atoms with E-state index in [0.29, 0.717) is 5.02 Å². The van der Waals surface area contributed by atoms with Gasteiger partial charge >= 0.3 is 12.1 Å². The van der Waals surface area contributed by atoms with Crippen LogP contribution in [0.2, 0.25) is 5.02 Å². The predicted molar refractivity (Wildman–Crippen MR) is 134 cm³/mol. The molecule has 5 nitrogen and oxygen atoms in total. The summed E-state index contributed by atoms with van der Waals surface area (Å²) in [6.45, 7) is 1.78. The van der Waals surface area contributed by atoms with E-state index in [2.05, 4.69) is 4.98 Å². The largest absolute Gasteiger partial charge is 0.465 e. The number of methoxy groups -OCH3 is 1. The predicted octanol–water partition coefficient (Wildman–Crippen LogP) is 7.01. The minimum atomic E-state index is -5.02. The van der Waals surface area contributed by atoms with Crippen LogP contribution in [0, 0.1) is 6.92 Å². The van der Waals surface area contributed by atoms with Gasteiger partial charge < -0.3 is 9.72 Å². The second-order valence-electron chi connectivity index (χ2n) is 8.31. The van der Waals surface area contributed by atoms with Gasteiger partial charge in [0.1, 0.15) is 10.9 Å². The van der Waals surface area contributed by atoms with Crippen molar-refractivity contribution < 1.29 is 31.1 Å². The number of halogens is 4. The standard InChI is InChI=1S/C27H21ClF3NO4S/c1-16-8-14-20(15-9-16)37(34,35)24(18-6-4-3-5-7-18)23-21(17-10-12-19(28)13-11-17)22(26(33)36-2)25(32-23)27(29,30)31/h3-15,24,32H,1-2H3. The van der Waals surface area contributed by atoms with Crippen LogP contribution in [0.3, 0.4) is 0 Å². The van der Waals surface area contributed by atoms with Crippen LogP contribution in [-0.2, 0) is 20.8 Å². The number of nitrogens with one attached hydrogen (secondary N) is 1. The quantitative estimate of drug-likeness (QED) is 0.263. The Morgan fingerprint density at radius 2 is 1.54 bits per heavy atom. The van der Waals surface area contributed by atoms with Crippen molar-refractivity contribution in [1.29, 1.82) is 0 Å². The topological polar surface area (TPSA) is 76.2 Å². The summed E-state index contributed by atoms with van der Waals surface area (Å²) < 4.78 is 75.5. The molecule has 4 aromatic rings. The zero-order valence-electron chi connectivity index (χ0n) is 19.6. The molecule has 1 heterocycles. The minimum absolute atomic E-state index is 0.0863. The van der Waals surface area contributed by atoms with Crippen molar-refractivity contribution >= 4 is 27.4 Å². The average molecular weight is 548 g/mol. The molecule has 0 amide bonds. The monoisotopic (exact) mass is 547 g/mol. The smallest absolute Gasteiger partial charge is 0.432 e. The number of aromatic amines is 1. The minimum Gasteiger partial charge on any atom is -0.465 e. The molecule has 3 aromatic carbocycles. The molecule has 192 valence electrons. The van der Waals surface area contributed by atoms with E-state index in [-0.39, 0.29) is 27.3 Å². The first kappa shape index (κ1) is 26.5. The van der Waals surface area contributed by atoms with E-state index in [9.17, 15) is 26.4 Å². The lowest BCUT2D eigenvalue weighted by Crippen LogP contribution is -2.17. The normalized spacial score (nSPS) is 12.8. The third kappa shape index (κ3) is 5.14. The fourth-order valence-corrected chi connectivity index (χ4v) is 6.06. The van der Waals surface area contributed by atoms with Crippen molar-refractivity contribution in [2.45, 2.75) is 23.2 Å². The molecule has 0 saturated heterocycles. The molecule has 0 radical (unpaired) electrons. The average Bonchev–Trinajstić information content (AvgIpc) is 3.25. The highest BCUT2D eigenvalue weighted by Gasteiger charge is 2.44. The van der Waals surface area contributed by atoms with Crippen LogP contribution in [0.5, 0.6) is 0 Å². The zero-order chi connectivity index (χ0) is 27.0. The van der Waals surface area contributed by atoms with Gasteiger partial charge in [-0.25, -0.2) is 13.2 Å². The Morgan fingerprint density at radius 1 is 0.946 bits per heavy atom. The van der Waals surface area contributed by atoms with Gasteiger partial charge in [-0.1, -0.05) is 71.8 Å². The van der Waals surface area contributed by atoms with Crippen LogP contribution < -0.4 is 0 Å². The summed E-state index contributed by atoms with van der Waals surface area (Å²) in [7, 11) is -3.36. The fraction of sp³-hybridized carbons (Fsp3) is 0.148. The molecule has 0 aliphatic carbocycles. The van der Waals surface area contributed by atoms with Crippen molar-refractivity contribution in [1.82, 2.24) is 4.98 Å². The summed E-state index contributed by atoms with van der Waals surface area (Å²) in [5.41, 5.74) is -1.59. The summed E-state index contributed by atoms with van der Waals surface area (Å²) in [6.07, 6.45) is -5.02. The van der Waals surface area contributed by atoms with E-state index >= 15 is 0 Å². The lowest BCUT2D eigenvalue weighted by molar-refractivity contribution is -0.141. The molecule has 1 N–H and O–H groups in total. The number of sulfone groups is 1. The number of rotatable bonds is 6. The number of aryl methyl sites for hydroxylation is 1. The Kier molecular flexibility index (Phi) is 7.21. The Balaban J connectivity index is 2.14. The maximum absolute atomic E-state index is 14.2. The number of H-pyrrole nitrogens is 1. The highest BCUT2D eigenvalue weighted by atomic mass is 35.5. The third-order valence-electron chi connectivity index (χ3n) is 5.86. The van der Waals surface area contributed by atoms with Gasteiger partial charge in [0.25, 0.3) is 0 Å². The van der Waals surface area contributed by atoms with Gasteiger partial charge in [0.05, 0.1) is 17.6 Å². The van der Waals surface area contributed by atoms with Crippen LogP contribution in [0.4, 0.5) is 13.2 Å². The number of aromatic nitrogens is 1. The van der Waals surface area contributed by atoms with Crippen LogP contribution >= 0.6 is 11.6 Å². The summed E-state index contributed by atoms with van der Waals surface area (Å²) >= 11 is 5.99. The first-order valence-electron chi connectivity index (χ1n) is 11.0. The number of hydrogen-bond acceptors (Lipinski definition) is 4. The molecule has 1 atom stereocenters. The summed E-state index contributed by atoms with van der Waals surface area (Å²) in [5, 5.41) is -1.30. The first-order chi connectivity index (χ1) is 17.4. The maximum Gasteiger partial charge on any atom is 0.432 e. The highest BCUT2D eigenvalue weighted by Crippen LogP contribution is 2.46. The van der Waals surface area contributed by atoms with E-state index < -0.39 is 38.5 Å². The molecular weight excluding hydrogens is 527 g/mol. The molecule has 0 fully saturated rings. The van der Waals surface area contributed by atoms with Crippen LogP contribution in [-0.4, -0.2) is 26.5 Å². The van der Waals surface area contributed by atoms with Crippen LogP contribution in [0.15, 0.2) is 83.8 Å². The number of carbonyl (C=O) groups excluding carboxylic acids is 1. The van der Waals surface area contributed by atoms with Gasteiger partial charge in [-0.15, -0.1) is 0 Å². The molecule has 0 aliphatic heterocycles. The number of carbonyl (C=O) groups is 1. The lowest BCUT2D eigenvalue weighted by atomic mass is 9.96. The van der Waals surface area contributed by atoms with Gasteiger partial charge in [-0.05, 0) is 42.3 Å². The molecular formula is C27H21ClF3NO4S. The number of benzene rings is 3. The first-order valence-corrected chi connectivity index (χ1v) is 12.9. The Bertz CT molecular complexity index is 1530. The van der Waals surface area contributed by atoms with E-state index in [1.165, 1.54) is 48.5 Å². The molecule has 0 aliphatic rings. The zero-order valence-corrected chi connectivity index (χ0v) is 21.2. The van der Waals surface area contributed by atoms with Gasteiger partial charge in [0.15, 0.2) is 9.84 Å². The van der Waals surface area contributed by atoms with Crippen LogP contribution in [0.1, 0.15) is 38.1 Å². The Morgan fingerprint density at radius 3 is 2.08 bits per heavy atom. The second-order valence-corrected chi connectivity index (χ2v) is 10.8.